The Morgan fingerprint density at radius 2 is 2.04 bits per heavy atom. The Kier molecular flexibility index (Phi) is 5.26. The summed E-state index contributed by atoms with van der Waals surface area (Å²) in [4.78, 5) is 17.0. The fourth-order valence-electron chi connectivity index (χ4n) is 3.15. The molecule has 0 spiro atoms. The molecule has 0 atom stereocenters. The number of hydrogen-bond donors (Lipinski definition) is 0. The minimum absolute atomic E-state index is 0.121. The number of hydrogen-bond acceptors (Lipinski definition) is 4. The van der Waals surface area contributed by atoms with Crippen LogP contribution in [0.15, 0.2) is 41.5 Å². The Labute approximate surface area is 156 Å². The van der Waals surface area contributed by atoms with Gasteiger partial charge in [0.1, 0.15) is 11.3 Å². The van der Waals surface area contributed by atoms with Crippen molar-refractivity contribution >= 4 is 17.1 Å². The third-order valence-corrected chi connectivity index (χ3v) is 4.56. The molecule has 0 fully saturated rings. The number of nitrogens with zero attached hydrogens (tertiary/aromatic N) is 2. The van der Waals surface area contributed by atoms with Crippen LogP contribution in [0, 0.1) is 12.7 Å². The molecule has 0 amide bonds. The summed E-state index contributed by atoms with van der Waals surface area (Å²) in [7, 11) is 4.79. The second kappa shape index (κ2) is 7.61. The number of pyridine rings is 2. The van der Waals surface area contributed by atoms with E-state index in [-0.39, 0.29) is 11.4 Å². The summed E-state index contributed by atoms with van der Waals surface area (Å²) in [6, 6.07) is 6.54. The van der Waals surface area contributed by atoms with Crippen LogP contribution in [-0.2, 0) is 18.2 Å². The second-order valence-corrected chi connectivity index (χ2v) is 6.29. The SMILES string of the molecule is CO/C=C/c1cc(F)ccc1Cc1cnc2c(OC)c(C)c(=O)n(C)c2c1. The number of rotatable bonds is 5. The van der Waals surface area contributed by atoms with Gasteiger partial charge in [-0.05, 0) is 54.3 Å². The summed E-state index contributed by atoms with van der Waals surface area (Å²) in [5.74, 6) is 0.180. The molecule has 0 unspecified atom stereocenters. The van der Waals surface area contributed by atoms with Crippen molar-refractivity contribution in [2.24, 2.45) is 7.05 Å². The summed E-state index contributed by atoms with van der Waals surface area (Å²) in [6.07, 6.45) is 5.52. The minimum Gasteiger partial charge on any atom is -0.504 e. The molecule has 3 aromatic rings. The number of aromatic nitrogens is 2. The molecule has 0 aliphatic rings. The third-order valence-electron chi connectivity index (χ3n) is 4.56. The molecule has 3 rings (SSSR count). The van der Waals surface area contributed by atoms with Crippen molar-refractivity contribution in [3.63, 3.8) is 0 Å². The first-order valence-electron chi connectivity index (χ1n) is 8.46. The van der Waals surface area contributed by atoms with Gasteiger partial charge in [0.2, 0.25) is 0 Å². The molecule has 0 radical (unpaired) electrons. The quantitative estimate of drug-likeness (QED) is 0.646. The average molecular weight is 368 g/mol. The van der Waals surface area contributed by atoms with Crippen LogP contribution in [0.3, 0.4) is 0 Å². The number of benzene rings is 1. The van der Waals surface area contributed by atoms with Crippen LogP contribution in [0.2, 0.25) is 0 Å². The lowest BCUT2D eigenvalue weighted by molar-refractivity contribution is 0.341. The molecular weight excluding hydrogens is 347 g/mol. The van der Waals surface area contributed by atoms with E-state index in [4.69, 9.17) is 9.47 Å². The highest BCUT2D eigenvalue weighted by molar-refractivity contribution is 5.83. The van der Waals surface area contributed by atoms with E-state index in [2.05, 4.69) is 4.98 Å². The van der Waals surface area contributed by atoms with Crippen LogP contribution in [0.1, 0.15) is 22.3 Å². The van der Waals surface area contributed by atoms with E-state index in [0.29, 0.717) is 28.8 Å². The highest BCUT2D eigenvalue weighted by Gasteiger charge is 2.14. The Morgan fingerprint density at radius 1 is 1.26 bits per heavy atom. The van der Waals surface area contributed by atoms with Gasteiger partial charge in [-0.2, -0.15) is 0 Å². The van der Waals surface area contributed by atoms with Crippen LogP contribution >= 0.6 is 0 Å². The summed E-state index contributed by atoms with van der Waals surface area (Å²) >= 11 is 0. The molecule has 2 aromatic heterocycles. The monoisotopic (exact) mass is 368 g/mol. The number of fused-ring (bicyclic) bond motifs is 1. The molecule has 6 heteroatoms. The zero-order valence-electron chi connectivity index (χ0n) is 15.7. The Bertz CT molecular complexity index is 1090. The molecule has 0 N–H and O–H groups in total. The van der Waals surface area contributed by atoms with Gasteiger partial charge in [-0.1, -0.05) is 6.07 Å². The van der Waals surface area contributed by atoms with E-state index in [1.807, 2.05) is 6.07 Å². The topological polar surface area (TPSA) is 53.4 Å². The predicted molar refractivity (Wildman–Crippen MR) is 104 cm³/mol. The normalized spacial score (nSPS) is 11.3. The molecule has 0 saturated heterocycles. The zero-order valence-corrected chi connectivity index (χ0v) is 15.7. The number of methoxy groups -OCH3 is 2. The molecular formula is C21H21FN2O3. The zero-order chi connectivity index (χ0) is 19.6. The lowest BCUT2D eigenvalue weighted by Crippen LogP contribution is -2.21. The molecule has 140 valence electrons. The first-order valence-corrected chi connectivity index (χ1v) is 8.46. The minimum atomic E-state index is -0.311. The molecule has 2 heterocycles. The lowest BCUT2D eigenvalue weighted by atomic mass is 10.00. The number of aryl methyl sites for hydroxylation is 1. The van der Waals surface area contributed by atoms with E-state index in [1.165, 1.54) is 25.5 Å². The highest BCUT2D eigenvalue weighted by atomic mass is 19.1. The third kappa shape index (κ3) is 3.56. The molecule has 5 nitrogen and oxygen atoms in total. The fourth-order valence-corrected chi connectivity index (χ4v) is 3.15. The summed E-state index contributed by atoms with van der Waals surface area (Å²) in [6.45, 7) is 1.73. The van der Waals surface area contributed by atoms with Crippen molar-refractivity contribution in [2.75, 3.05) is 14.2 Å². The molecule has 27 heavy (non-hydrogen) atoms. The van der Waals surface area contributed by atoms with Crippen LogP contribution in [0.5, 0.6) is 5.75 Å². The predicted octanol–water partition coefficient (Wildman–Crippen LogP) is 3.60. The van der Waals surface area contributed by atoms with Gasteiger partial charge in [-0.15, -0.1) is 0 Å². The maximum atomic E-state index is 13.6. The van der Waals surface area contributed by atoms with Crippen molar-refractivity contribution < 1.29 is 13.9 Å². The molecule has 0 saturated carbocycles. The van der Waals surface area contributed by atoms with Crippen molar-refractivity contribution in [1.82, 2.24) is 9.55 Å². The van der Waals surface area contributed by atoms with Crippen molar-refractivity contribution in [2.45, 2.75) is 13.3 Å². The number of halogens is 1. The van der Waals surface area contributed by atoms with Gasteiger partial charge in [0.15, 0.2) is 5.75 Å². The maximum absolute atomic E-state index is 13.6. The Morgan fingerprint density at radius 3 is 2.74 bits per heavy atom. The van der Waals surface area contributed by atoms with Gasteiger partial charge in [-0.25, -0.2) is 4.39 Å². The van der Waals surface area contributed by atoms with Crippen molar-refractivity contribution in [3.8, 4) is 5.75 Å². The van der Waals surface area contributed by atoms with Crippen LogP contribution < -0.4 is 10.3 Å². The largest absolute Gasteiger partial charge is 0.504 e. The van der Waals surface area contributed by atoms with Gasteiger partial charge < -0.3 is 14.0 Å². The summed E-state index contributed by atoms with van der Waals surface area (Å²) in [5, 5.41) is 0. The van der Waals surface area contributed by atoms with Crippen LogP contribution in [0.4, 0.5) is 4.39 Å². The maximum Gasteiger partial charge on any atom is 0.257 e. The van der Waals surface area contributed by atoms with Gasteiger partial charge >= 0.3 is 0 Å². The standard InChI is InChI=1S/C21H21FN2O3/c1-13-20(27-4)19-18(24(2)21(13)25)10-14(12-23-19)9-15-5-6-17(22)11-16(15)7-8-26-3/h5-8,10-12H,9H2,1-4H3/b8-7+. The Hall–Kier alpha value is -3.15. The van der Waals surface area contributed by atoms with E-state index < -0.39 is 0 Å². The van der Waals surface area contributed by atoms with E-state index in [1.54, 1.807) is 44.0 Å². The molecule has 0 aliphatic carbocycles. The van der Waals surface area contributed by atoms with Gasteiger partial charge in [0.25, 0.3) is 5.56 Å². The first-order chi connectivity index (χ1) is 13.0. The van der Waals surface area contributed by atoms with Gasteiger partial charge in [-0.3, -0.25) is 9.78 Å². The number of ether oxygens (including phenoxy) is 2. The highest BCUT2D eigenvalue weighted by Crippen LogP contribution is 2.26. The second-order valence-electron chi connectivity index (χ2n) is 6.29. The smallest absolute Gasteiger partial charge is 0.257 e. The molecule has 0 bridgehead atoms. The van der Waals surface area contributed by atoms with E-state index in [9.17, 15) is 9.18 Å². The van der Waals surface area contributed by atoms with Crippen LogP contribution in [-0.4, -0.2) is 23.8 Å². The molecule has 0 aliphatic heterocycles. The van der Waals surface area contributed by atoms with Crippen molar-refractivity contribution in [3.05, 3.63) is 75.1 Å². The molecule has 1 aromatic carbocycles. The fraction of sp³-hybridized carbons (Fsp3) is 0.238. The average Bonchev–Trinajstić information content (AvgIpc) is 2.67. The Balaban J connectivity index is 2.10. The van der Waals surface area contributed by atoms with E-state index in [0.717, 1.165) is 16.7 Å². The first kappa shape index (κ1) is 18.6. The lowest BCUT2D eigenvalue weighted by Gasteiger charge is -2.13. The van der Waals surface area contributed by atoms with Gasteiger partial charge in [0.05, 0.1) is 31.6 Å². The van der Waals surface area contributed by atoms with Crippen LogP contribution in [0.25, 0.3) is 17.1 Å². The van der Waals surface area contributed by atoms with E-state index >= 15 is 0 Å². The summed E-state index contributed by atoms with van der Waals surface area (Å²) in [5.41, 5.74) is 4.29. The summed E-state index contributed by atoms with van der Waals surface area (Å²) < 4.78 is 25.5. The van der Waals surface area contributed by atoms with Crippen molar-refractivity contribution in [1.29, 1.82) is 0 Å². The van der Waals surface area contributed by atoms with Gasteiger partial charge in [0, 0.05) is 13.2 Å².